The van der Waals surface area contributed by atoms with Crippen LogP contribution >= 0.6 is 11.3 Å². The van der Waals surface area contributed by atoms with Gasteiger partial charge in [-0.3, -0.25) is 4.79 Å². The van der Waals surface area contributed by atoms with Crippen LogP contribution in [0, 0.1) is 5.82 Å². The molecular formula is C20H23F4N3O2S. The van der Waals surface area contributed by atoms with Crippen LogP contribution in [0.4, 0.5) is 17.6 Å². The number of hydrogen-bond acceptors (Lipinski definition) is 4. The van der Waals surface area contributed by atoms with Crippen LogP contribution < -0.4 is 4.80 Å². The molecule has 30 heavy (non-hydrogen) atoms. The maximum absolute atomic E-state index is 14.1. The molecular weight excluding hydrogens is 422 g/mol. The van der Waals surface area contributed by atoms with Crippen molar-refractivity contribution in [3.63, 3.8) is 0 Å². The Morgan fingerprint density at radius 3 is 2.63 bits per heavy atom. The van der Waals surface area contributed by atoms with Crippen molar-refractivity contribution < 1.29 is 27.1 Å². The Hall–Kier alpha value is -2.07. The van der Waals surface area contributed by atoms with Gasteiger partial charge in [-0.05, 0) is 37.5 Å². The summed E-state index contributed by atoms with van der Waals surface area (Å²) in [5, 5.41) is 5.24. The second-order valence-corrected chi connectivity index (χ2v) is 9.18. The molecule has 5 nitrogen and oxygen atoms in total. The van der Waals surface area contributed by atoms with Crippen molar-refractivity contribution in [1.29, 1.82) is 0 Å². The minimum atomic E-state index is -4.69. The Balaban J connectivity index is 2.01. The third-order valence-electron chi connectivity index (χ3n) is 4.63. The highest BCUT2D eigenvalue weighted by Crippen LogP contribution is 2.30. The van der Waals surface area contributed by atoms with Gasteiger partial charge in [0.1, 0.15) is 10.8 Å². The third kappa shape index (κ3) is 5.34. The molecule has 1 aliphatic rings. The van der Waals surface area contributed by atoms with Crippen LogP contribution in [0.2, 0.25) is 0 Å². The van der Waals surface area contributed by atoms with Gasteiger partial charge in [0.25, 0.3) is 5.91 Å². The highest BCUT2D eigenvalue weighted by molar-refractivity contribution is 7.09. The average Bonchev–Trinajstić information content (AvgIpc) is 3.04. The number of halogens is 4. The maximum atomic E-state index is 14.1. The molecule has 10 heteroatoms. The number of ether oxygens (including phenoxy) is 1. The summed E-state index contributed by atoms with van der Waals surface area (Å²) in [6, 6.07) is 1.71. The highest BCUT2D eigenvalue weighted by atomic mass is 32.1. The molecule has 0 N–H and O–H groups in total. The number of benzene rings is 1. The van der Waals surface area contributed by atoms with Gasteiger partial charge >= 0.3 is 6.18 Å². The first-order chi connectivity index (χ1) is 13.9. The first-order valence-corrected chi connectivity index (χ1v) is 10.4. The van der Waals surface area contributed by atoms with Crippen LogP contribution in [-0.2, 0) is 22.9 Å². The van der Waals surface area contributed by atoms with E-state index in [1.54, 1.807) is 0 Å². The molecule has 1 unspecified atom stereocenters. The quantitative estimate of drug-likeness (QED) is 0.643. The fraction of sp³-hybridized carbons (Fsp3) is 0.550. The van der Waals surface area contributed by atoms with E-state index in [1.807, 2.05) is 20.8 Å². The SMILES string of the molecule is CC(C)(C)c1nn(CC2CCCCO2)c(=NC(=O)c2cc(C(F)(F)F)ccc2F)s1. The zero-order valence-electron chi connectivity index (χ0n) is 16.9. The van der Waals surface area contributed by atoms with Gasteiger partial charge < -0.3 is 4.74 Å². The third-order valence-corrected chi connectivity index (χ3v) is 6.01. The molecule has 1 amide bonds. The molecule has 0 saturated carbocycles. The van der Waals surface area contributed by atoms with E-state index in [0.29, 0.717) is 36.4 Å². The highest BCUT2D eigenvalue weighted by Gasteiger charge is 2.32. The Morgan fingerprint density at radius 1 is 1.30 bits per heavy atom. The van der Waals surface area contributed by atoms with Crippen molar-refractivity contribution >= 4 is 17.2 Å². The first kappa shape index (κ1) is 22.6. The normalized spacial score (nSPS) is 18.6. The standard InChI is InChI=1S/C20H23F4N3O2S/c1-19(2,3)17-26-27(11-13-6-4-5-9-29-13)18(30-17)25-16(28)14-10-12(20(22,23)24)7-8-15(14)21/h7-8,10,13H,4-6,9,11H2,1-3H3. The molecule has 1 aromatic heterocycles. The van der Waals surface area contributed by atoms with Crippen molar-refractivity contribution in [2.24, 2.45) is 4.99 Å². The van der Waals surface area contributed by atoms with Crippen LogP contribution in [0.3, 0.4) is 0 Å². The van der Waals surface area contributed by atoms with E-state index < -0.39 is 29.0 Å². The second-order valence-electron chi connectivity index (χ2n) is 8.22. The Morgan fingerprint density at radius 2 is 2.03 bits per heavy atom. The number of carbonyl (C=O) groups excluding carboxylic acids is 1. The number of nitrogens with zero attached hydrogens (tertiary/aromatic N) is 3. The Kier molecular flexibility index (Phi) is 6.47. The van der Waals surface area contributed by atoms with Gasteiger partial charge in [-0.2, -0.15) is 23.3 Å². The lowest BCUT2D eigenvalue weighted by atomic mass is 9.98. The molecule has 2 aromatic rings. The molecule has 1 fully saturated rings. The van der Waals surface area contributed by atoms with Crippen molar-refractivity contribution in [2.45, 2.75) is 64.3 Å². The second kappa shape index (κ2) is 8.58. The van der Waals surface area contributed by atoms with Gasteiger partial charge in [-0.25, -0.2) is 9.07 Å². The van der Waals surface area contributed by atoms with E-state index in [2.05, 4.69) is 10.1 Å². The fourth-order valence-electron chi connectivity index (χ4n) is 2.97. The molecule has 1 atom stereocenters. The average molecular weight is 445 g/mol. The van der Waals surface area contributed by atoms with Crippen LogP contribution in [0.5, 0.6) is 0 Å². The number of carbonyl (C=O) groups is 1. The van der Waals surface area contributed by atoms with Gasteiger partial charge in [-0.1, -0.05) is 32.1 Å². The summed E-state index contributed by atoms with van der Waals surface area (Å²) in [7, 11) is 0. The van der Waals surface area contributed by atoms with Crippen LogP contribution in [0.25, 0.3) is 0 Å². The predicted octanol–water partition coefficient (Wildman–Crippen LogP) is 4.71. The maximum Gasteiger partial charge on any atom is 0.416 e. The van der Waals surface area contributed by atoms with E-state index in [9.17, 15) is 22.4 Å². The summed E-state index contributed by atoms with van der Waals surface area (Å²) >= 11 is 1.16. The Labute approximate surface area is 175 Å². The summed E-state index contributed by atoms with van der Waals surface area (Å²) in [5.41, 5.74) is -2.15. The molecule has 0 spiro atoms. The number of alkyl halides is 3. The van der Waals surface area contributed by atoms with Gasteiger partial charge in [0.2, 0.25) is 4.80 Å². The van der Waals surface area contributed by atoms with Crippen LogP contribution in [0.15, 0.2) is 23.2 Å². The molecule has 1 saturated heterocycles. The van der Waals surface area contributed by atoms with Gasteiger partial charge in [0.15, 0.2) is 0 Å². The summed E-state index contributed by atoms with van der Waals surface area (Å²) in [4.78, 5) is 16.7. The lowest BCUT2D eigenvalue weighted by Crippen LogP contribution is -2.30. The summed E-state index contributed by atoms with van der Waals surface area (Å²) in [6.45, 7) is 6.86. The van der Waals surface area contributed by atoms with Crippen molar-refractivity contribution in [3.05, 3.63) is 45.0 Å². The van der Waals surface area contributed by atoms with Crippen LogP contribution in [0.1, 0.15) is 61.0 Å². The monoisotopic (exact) mass is 445 g/mol. The lowest BCUT2D eigenvalue weighted by molar-refractivity contribution is -0.137. The summed E-state index contributed by atoms with van der Waals surface area (Å²) in [5.74, 6) is -2.14. The van der Waals surface area contributed by atoms with E-state index in [1.165, 1.54) is 4.68 Å². The first-order valence-electron chi connectivity index (χ1n) is 9.61. The molecule has 1 aromatic carbocycles. The van der Waals surface area contributed by atoms with Crippen LogP contribution in [-0.4, -0.2) is 28.4 Å². The van der Waals surface area contributed by atoms with E-state index in [0.717, 1.165) is 30.6 Å². The number of aromatic nitrogens is 2. The smallest absolute Gasteiger partial charge is 0.376 e. The minimum absolute atomic E-state index is 0.0898. The zero-order valence-corrected chi connectivity index (χ0v) is 17.7. The summed E-state index contributed by atoms with van der Waals surface area (Å²) in [6.07, 6.45) is -1.94. The molecule has 0 radical (unpaired) electrons. The number of rotatable bonds is 3. The molecule has 0 bridgehead atoms. The Bertz CT molecular complexity index is 983. The minimum Gasteiger partial charge on any atom is -0.376 e. The van der Waals surface area contributed by atoms with Gasteiger partial charge in [0, 0.05) is 12.0 Å². The van der Waals surface area contributed by atoms with E-state index >= 15 is 0 Å². The summed E-state index contributed by atoms with van der Waals surface area (Å²) < 4.78 is 60.2. The predicted molar refractivity (Wildman–Crippen MR) is 104 cm³/mol. The zero-order chi connectivity index (χ0) is 22.1. The number of hydrogen-bond donors (Lipinski definition) is 0. The molecule has 3 rings (SSSR count). The molecule has 1 aliphatic heterocycles. The lowest BCUT2D eigenvalue weighted by Gasteiger charge is -2.22. The van der Waals surface area contributed by atoms with Crippen molar-refractivity contribution in [1.82, 2.24) is 9.78 Å². The molecule has 0 aliphatic carbocycles. The van der Waals surface area contributed by atoms with Gasteiger partial charge in [-0.15, -0.1) is 0 Å². The van der Waals surface area contributed by atoms with Crippen molar-refractivity contribution in [3.8, 4) is 0 Å². The largest absolute Gasteiger partial charge is 0.416 e. The molecule has 164 valence electrons. The number of amides is 1. The fourth-order valence-corrected chi connectivity index (χ4v) is 3.94. The van der Waals surface area contributed by atoms with Crippen molar-refractivity contribution in [2.75, 3.05) is 6.61 Å². The van der Waals surface area contributed by atoms with E-state index in [4.69, 9.17) is 4.74 Å². The molecule has 2 heterocycles. The van der Waals surface area contributed by atoms with Gasteiger partial charge in [0.05, 0.1) is 23.8 Å². The topological polar surface area (TPSA) is 56.5 Å². The van der Waals surface area contributed by atoms with E-state index in [-0.39, 0.29) is 16.3 Å².